The Morgan fingerprint density at radius 1 is 1.29 bits per heavy atom. The first-order valence-electron chi connectivity index (χ1n) is 8.77. The normalized spacial score (nSPS) is 21.4. The molecule has 6 nitrogen and oxygen atoms in total. The molecule has 2 aromatic rings. The number of nitrogens with zero attached hydrogens (tertiary/aromatic N) is 1. The maximum Gasteiger partial charge on any atom is 0.254 e. The molecule has 1 N–H and O–H groups in total. The van der Waals surface area contributed by atoms with Crippen LogP contribution < -0.4 is 10.1 Å². The second kappa shape index (κ2) is 8.02. The van der Waals surface area contributed by atoms with Crippen molar-refractivity contribution >= 4 is 17.4 Å². The van der Waals surface area contributed by atoms with E-state index in [4.69, 9.17) is 9.47 Å². The lowest BCUT2D eigenvalue weighted by atomic mass is 9.89. The van der Waals surface area contributed by atoms with Gasteiger partial charge in [0.05, 0.1) is 13.2 Å². The standard InChI is InChI=1S/C20H20F2N2O4/c1-10-8-14(13-4-5-15(21)17(22)18(13)27-3)19(28-10)20(26)24-12-6-7-23-16(9-12)11(2)25/h4-7,9-10,14,19H,8H2,1-3H3,(H,23,24,26)/t10-,14-,19+/m1/s1. The Hall–Kier alpha value is -2.87. The second-order valence-corrected chi connectivity index (χ2v) is 6.67. The largest absolute Gasteiger partial charge is 0.493 e. The molecule has 0 aliphatic carbocycles. The summed E-state index contributed by atoms with van der Waals surface area (Å²) in [5.41, 5.74) is 0.978. The Labute approximate surface area is 160 Å². The number of nitrogens with one attached hydrogen (secondary N) is 1. The zero-order valence-corrected chi connectivity index (χ0v) is 15.7. The van der Waals surface area contributed by atoms with Gasteiger partial charge in [-0.05, 0) is 31.5 Å². The fraction of sp³-hybridized carbons (Fsp3) is 0.350. The Balaban J connectivity index is 1.88. The van der Waals surface area contributed by atoms with Crippen molar-refractivity contribution in [1.29, 1.82) is 0 Å². The molecular weight excluding hydrogens is 370 g/mol. The summed E-state index contributed by atoms with van der Waals surface area (Å²) in [6, 6.07) is 5.43. The van der Waals surface area contributed by atoms with Crippen LogP contribution in [0.4, 0.5) is 14.5 Å². The van der Waals surface area contributed by atoms with Crippen LogP contribution in [0.2, 0.25) is 0 Å². The highest BCUT2D eigenvalue weighted by atomic mass is 19.2. The Bertz CT molecular complexity index is 919. The van der Waals surface area contributed by atoms with E-state index in [2.05, 4.69) is 10.3 Å². The third-order valence-corrected chi connectivity index (χ3v) is 4.66. The van der Waals surface area contributed by atoms with Gasteiger partial charge in [-0.25, -0.2) is 4.39 Å². The molecule has 2 heterocycles. The molecule has 0 radical (unpaired) electrons. The molecule has 1 aliphatic rings. The minimum absolute atomic E-state index is 0.220. The lowest BCUT2D eigenvalue weighted by molar-refractivity contribution is -0.126. The smallest absolute Gasteiger partial charge is 0.254 e. The highest BCUT2D eigenvalue weighted by Crippen LogP contribution is 2.41. The summed E-state index contributed by atoms with van der Waals surface area (Å²) in [6.45, 7) is 3.17. The topological polar surface area (TPSA) is 77.5 Å². The molecule has 8 heteroatoms. The molecule has 1 aliphatic heterocycles. The minimum atomic E-state index is -1.10. The van der Waals surface area contributed by atoms with Crippen LogP contribution in [0, 0.1) is 11.6 Å². The van der Waals surface area contributed by atoms with Crippen molar-refractivity contribution in [2.75, 3.05) is 12.4 Å². The van der Waals surface area contributed by atoms with Crippen LogP contribution >= 0.6 is 0 Å². The molecule has 1 aromatic carbocycles. The average molecular weight is 390 g/mol. The third kappa shape index (κ3) is 3.87. The molecule has 0 unspecified atom stereocenters. The van der Waals surface area contributed by atoms with Gasteiger partial charge in [0.15, 0.2) is 17.3 Å². The monoisotopic (exact) mass is 390 g/mol. The van der Waals surface area contributed by atoms with Crippen molar-refractivity contribution in [2.24, 2.45) is 0 Å². The molecule has 1 amide bonds. The summed E-state index contributed by atoms with van der Waals surface area (Å²) in [6.07, 6.45) is 0.668. The Kier molecular flexibility index (Phi) is 5.69. The SMILES string of the molecule is COc1c([C@H]2C[C@@H](C)O[C@@H]2C(=O)Nc2ccnc(C(C)=O)c2)ccc(F)c1F. The van der Waals surface area contributed by atoms with E-state index in [0.29, 0.717) is 17.7 Å². The number of carbonyl (C=O) groups is 2. The number of ketones is 1. The van der Waals surface area contributed by atoms with Gasteiger partial charge in [0, 0.05) is 30.3 Å². The van der Waals surface area contributed by atoms with Gasteiger partial charge in [0.1, 0.15) is 11.8 Å². The fourth-order valence-electron chi connectivity index (χ4n) is 3.38. The quantitative estimate of drug-likeness (QED) is 0.791. The minimum Gasteiger partial charge on any atom is -0.493 e. The van der Waals surface area contributed by atoms with Crippen LogP contribution in [-0.4, -0.2) is 36.0 Å². The van der Waals surface area contributed by atoms with E-state index in [0.717, 1.165) is 6.07 Å². The zero-order valence-electron chi connectivity index (χ0n) is 15.7. The Morgan fingerprint density at radius 3 is 2.71 bits per heavy atom. The molecule has 3 rings (SSSR count). The molecule has 0 saturated carbocycles. The van der Waals surface area contributed by atoms with Crippen LogP contribution in [0.1, 0.15) is 42.2 Å². The van der Waals surface area contributed by atoms with Gasteiger partial charge in [0.2, 0.25) is 5.82 Å². The van der Waals surface area contributed by atoms with Crippen molar-refractivity contribution in [3.63, 3.8) is 0 Å². The van der Waals surface area contributed by atoms with Gasteiger partial charge in [-0.2, -0.15) is 4.39 Å². The number of pyridine rings is 1. The van der Waals surface area contributed by atoms with Gasteiger partial charge in [-0.1, -0.05) is 6.07 Å². The molecule has 0 bridgehead atoms. The lowest BCUT2D eigenvalue weighted by Crippen LogP contribution is -2.32. The first-order chi connectivity index (χ1) is 13.3. The van der Waals surface area contributed by atoms with Gasteiger partial charge < -0.3 is 14.8 Å². The number of hydrogen-bond acceptors (Lipinski definition) is 5. The number of benzene rings is 1. The van der Waals surface area contributed by atoms with Gasteiger partial charge in [-0.15, -0.1) is 0 Å². The molecule has 1 aromatic heterocycles. The maximum absolute atomic E-state index is 14.1. The summed E-state index contributed by atoms with van der Waals surface area (Å²) < 4.78 is 38.5. The first-order valence-corrected chi connectivity index (χ1v) is 8.77. The van der Waals surface area contributed by atoms with Crippen molar-refractivity contribution in [1.82, 2.24) is 4.98 Å². The second-order valence-electron chi connectivity index (χ2n) is 6.67. The van der Waals surface area contributed by atoms with E-state index in [-0.39, 0.29) is 23.3 Å². The zero-order chi connectivity index (χ0) is 20.4. The molecule has 1 fully saturated rings. The van der Waals surface area contributed by atoms with Crippen molar-refractivity contribution in [3.05, 3.63) is 53.4 Å². The van der Waals surface area contributed by atoms with Crippen molar-refractivity contribution < 1.29 is 27.8 Å². The van der Waals surface area contributed by atoms with E-state index in [9.17, 15) is 18.4 Å². The van der Waals surface area contributed by atoms with Crippen LogP contribution in [0.15, 0.2) is 30.5 Å². The first kappa shape index (κ1) is 19.9. The van der Waals surface area contributed by atoms with E-state index < -0.39 is 29.6 Å². The number of aromatic nitrogens is 1. The van der Waals surface area contributed by atoms with Gasteiger partial charge in [0.25, 0.3) is 5.91 Å². The highest BCUT2D eigenvalue weighted by molar-refractivity contribution is 5.97. The molecular formula is C20H20F2N2O4. The number of ether oxygens (including phenoxy) is 2. The molecule has 0 spiro atoms. The number of Topliss-reactive ketones (excluding diaryl/α,β-unsaturated/α-hetero) is 1. The molecule has 148 valence electrons. The van der Waals surface area contributed by atoms with Crippen molar-refractivity contribution in [3.8, 4) is 5.75 Å². The van der Waals surface area contributed by atoms with Crippen LogP contribution in [0.5, 0.6) is 5.75 Å². The number of rotatable bonds is 5. The number of anilines is 1. The van der Waals surface area contributed by atoms with E-state index in [1.54, 1.807) is 13.0 Å². The number of halogens is 2. The average Bonchev–Trinajstić information content (AvgIpc) is 3.05. The predicted octanol–water partition coefficient (Wildman–Crippen LogP) is 3.47. The number of carbonyl (C=O) groups excluding carboxylic acids is 2. The number of amides is 1. The summed E-state index contributed by atoms with van der Waals surface area (Å²) >= 11 is 0. The van der Waals surface area contributed by atoms with Crippen LogP contribution in [-0.2, 0) is 9.53 Å². The molecule has 3 atom stereocenters. The van der Waals surface area contributed by atoms with Crippen LogP contribution in [0.3, 0.4) is 0 Å². The van der Waals surface area contributed by atoms with Gasteiger partial charge in [-0.3, -0.25) is 14.6 Å². The number of methoxy groups -OCH3 is 1. The summed E-state index contributed by atoms with van der Waals surface area (Å²) in [5.74, 6) is -3.56. The van der Waals surface area contributed by atoms with E-state index in [1.807, 2.05) is 0 Å². The van der Waals surface area contributed by atoms with E-state index >= 15 is 0 Å². The van der Waals surface area contributed by atoms with Crippen molar-refractivity contribution in [2.45, 2.75) is 38.4 Å². The maximum atomic E-state index is 14.1. The van der Waals surface area contributed by atoms with E-state index in [1.165, 1.54) is 32.4 Å². The highest BCUT2D eigenvalue weighted by Gasteiger charge is 2.41. The summed E-state index contributed by atoms with van der Waals surface area (Å²) in [5, 5.41) is 2.70. The summed E-state index contributed by atoms with van der Waals surface area (Å²) in [7, 11) is 1.25. The van der Waals surface area contributed by atoms with Crippen LogP contribution in [0.25, 0.3) is 0 Å². The molecule has 1 saturated heterocycles. The predicted molar refractivity (Wildman–Crippen MR) is 97.5 cm³/mol. The number of hydrogen-bond donors (Lipinski definition) is 1. The fourth-order valence-corrected chi connectivity index (χ4v) is 3.38. The van der Waals surface area contributed by atoms with Gasteiger partial charge >= 0.3 is 0 Å². The Morgan fingerprint density at radius 2 is 2.04 bits per heavy atom. The molecule has 28 heavy (non-hydrogen) atoms. The lowest BCUT2D eigenvalue weighted by Gasteiger charge is -2.21. The third-order valence-electron chi connectivity index (χ3n) is 4.66. The summed E-state index contributed by atoms with van der Waals surface area (Å²) in [4.78, 5) is 28.2.